The molecule has 0 amide bonds. The van der Waals surface area contributed by atoms with Gasteiger partial charge in [0.15, 0.2) is 0 Å². The van der Waals surface area contributed by atoms with E-state index >= 15 is 0 Å². The Morgan fingerprint density at radius 2 is 1.95 bits per heavy atom. The monoisotopic (exact) mass is 275 g/mol. The van der Waals surface area contributed by atoms with Gasteiger partial charge < -0.3 is 15.6 Å². The molecule has 0 saturated heterocycles. The minimum atomic E-state index is -0.641. The lowest BCUT2D eigenvalue weighted by atomic mass is 9.63. The minimum absolute atomic E-state index is 0.0756. The highest BCUT2D eigenvalue weighted by atomic mass is 16.5. The molecule has 110 valence electrons. The molecule has 1 aromatic carbocycles. The molecule has 3 N–H and O–H groups in total. The number of hydrogen-bond acceptors (Lipinski definition) is 3. The zero-order valence-corrected chi connectivity index (χ0v) is 12.3. The third-order valence-corrected chi connectivity index (χ3v) is 5.64. The van der Waals surface area contributed by atoms with Crippen LogP contribution in [0.25, 0.3) is 0 Å². The molecule has 20 heavy (non-hydrogen) atoms. The minimum Gasteiger partial charge on any atom is -0.497 e. The van der Waals surface area contributed by atoms with Gasteiger partial charge in [-0.1, -0.05) is 18.9 Å². The van der Waals surface area contributed by atoms with E-state index in [4.69, 9.17) is 10.5 Å². The molecule has 3 nitrogen and oxygen atoms in total. The Bertz CT molecular complexity index is 494. The number of hydrogen-bond donors (Lipinski definition) is 2. The molecule has 3 rings (SSSR count). The average Bonchev–Trinajstić information content (AvgIpc) is 2.97. The van der Waals surface area contributed by atoms with Gasteiger partial charge in [-0.05, 0) is 48.9 Å². The third-order valence-electron chi connectivity index (χ3n) is 5.64. The molecular weight excluding hydrogens is 250 g/mol. The van der Waals surface area contributed by atoms with Crippen molar-refractivity contribution >= 4 is 0 Å². The van der Waals surface area contributed by atoms with Crippen LogP contribution in [-0.2, 0) is 12.8 Å². The van der Waals surface area contributed by atoms with Crippen LogP contribution in [0.15, 0.2) is 18.2 Å². The Morgan fingerprint density at radius 3 is 2.60 bits per heavy atom. The number of fused-ring (bicyclic) bond motifs is 1. The standard InChI is InChI=1S/C17H25NO2/c1-20-15-5-4-13-6-9-17(19,11-14(13)10-15)16(12-18)7-2-3-8-16/h4-5,10,19H,2-3,6-9,11-12,18H2,1H3. The molecule has 0 spiro atoms. The Kier molecular flexibility index (Phi) is 3.51. The van der Waals surface area contributed by atoms with E-state index in [-0.39, 0.29) is 5.41 Å². The van der Waals surface area contributed by atoms with Crippen molar-refractivity contribution in [3.8, 4) is 5.75 Å². The van der Waals surface area contributed by atoms with Crippen LogP contribution in [-0.4, -0.2) is 24.4 Å². The van der Waals surface area contributed by atoms with Gasteiger partial charge >= 0.3 is 0 Å². The average molecular weight is 275 g/mol. The van der Waals surface area contributed by atoms with E-state index in [9.17, 15) is 5.11 Å². The second-order valence-electron chi connectivity index (χ2n) is 6.53. The highest BCUT2D eigenvalue weighted by Crippen LogP contribution is 2.51. The molecule has 1 aromatic rings. The molecule has 0 aromatic heterocycles. The van der Waals surface area contributed by atoms with Crippen molar-refractivity contribution in [3.05, 3.63) is 29.3 Å². The van der Waals surface area contributed by atoms with Crippen LogP contribution in [0.5, 0.6) is 5.75 Å². The molecule has 0 heterocycles. The quantitative estimate of drug-likeness (QED) is 0.891. The molecule has 1 saturated carbocycles. The first kappa shape index (κ1) is 13.9. The molecule has 1 fully saturated rings. The maximum Gasteiger partial charge on any atom is 0.119 e. The number of ether oxygens (including phenoxy) is 1. The molecule has 2 aliphatic rings. The molecule has 0 radical (unpaired) electrons. The van der Waals surface area contributed by atoms with Gasteiger partial charge in [-0.2, -0.15) is 0 Å². The van der Waals surface area contributed by atoms with E-state index in [1.165, 1.54) is 24.0 Å². The van der Waals surface area contributed by atoms with Crippen LogP contribution in [0.2, 0.25) is 0 Å². The molecule has 0 aliphatic heterocycles. The van der Waals surface area contributed by atoms with Gasteiger partial charge in [0.25, 0.3) is 0 Å². The predicted octanol–water partition coefficient (Wildman–Crippen LogP) is 2.43. The summed E-state index contributed by atoms with van der Waals surface area (Å²) in [7, 11) is 1.69. The largest absolute Gasteiger partial charge is 0.497 e. The molecule has 3 heteroatoms. The highest BCUT2D eigenvalue weighted by molar-refractivity contribution is 5.39. The fourth-order valence-corrected chi connectivity index (χ4v) is 4.25. The third kappa shape index (κ3) is 2.04. The normalized spacial score (nSPS) is 28.1. The van der Waals surface area contributed by atoms with Gasteiger partial charge in [-0.15, -0.1) is 0 Å². The number of nitrogens with two attached hydrogens (primary N) is 1. The first-order valence-electron chi connectivity index (χ1n) is 7.71. The van der Waals surface area contributed by atoms with Crippen LogP contribution < -0.4 is 10.5 Å². The van der Waals surface area contributed by atoms with Crippen molar-refractivity contribution in [2.24, 2.45) is 11.1 Å². The van der Waals surface area contributed by atoms with E-state index in [0.29, 0.717) is 6.54 Å². The van der Waals surface area contributed by atoms with Gasteiger partial charge in [0.2, 0.25) is 0 Å². The highest BCUT2D eigenvalue weighted by Gasteiger charge is 2.51. The second kappa shape index (κ2) is 5.05. The number of benzene rings is 1. The first-order valence-corrected chi connectivity index (χ1v) is 7.71. The summed E-state index contributed by atoms with van der Waals surface area (Å²) in [5, 5.41) is 11.3. The van der Waals surface area contributed by atoms with Crippen LogP contribution in [0, 0.1) is 5.41 Å². The maximum absolute atomic E-state index is 11.3. The number of aliphatic hydroxyl groups is 1. The lowest BCUT2D eigenvalue weighted by Gasteiger charge is -2.47. The fraction of sp³-hybridized carbons (Fsp3) is 0.647. The lowest BCUT2D eigenvalue weighted by molar-refractivity contribution is -0.0879. The summed E-state index contributed by atoms with van der Waals surface area (Å²) < 4.78 is 5.32. The van der Waals surface area contributed by atoms with E-state index in [0.717, 1.165) is 37.9 Å². The van der Waals surface area contributed by atoms with Crippen molar-refractivity contribution in [1.82, 2.24) is 0 Å². The smallest absolute Gasteiger partial charge is 0.119 e. The van der Waals surface area contributed by atoms with Gasteiger partial charge in [-0.25, -0.2) is 0 Å². The summed E-state index contributed by atoms with van der Waals surface area (Å²) in [4.78, 5) is 0. The van der Waals surface area contributed by atoms with E-state index in [1.54, 1.807) is 7.11 Å². The lowest BCUT2D eigenvalue weighted by Crippen LogP contribution is -2.54. The van der Waals surface area contributed by atoms with Crippen molar-refractivity contribution in [3.63, 3.8) is 0 Å². The summed E-state index contributed by atoms with van der Waals surface area (Å²) in [6.45, 7) is 0.600. The van der Waals surface area contributed by atoms with Crippen molar-refractivity contribution in [1.29, 1.82) is 0 Å². The molecule has 1 unspecified atom stereocenters. The van der Waals surface area contributed by atoms with Crippen LogP contribution >= 0.6 is 0 Å². The Hall–Kier alpha value is -1.06. The van der Waals surface area contributed by atoms with Crippen molar-refractivity contribution in [2.75, 3.05) is 13.7 Å². The van der Waals surface area contributed by atoms with E-state index < -0.39 is 5.60 Å². The number of methoxy groups -OCH3 is 1. The van der Waals surface area contributed by atoms with Crippen molar-refractivity contribution in [2.45, 2.75) is 50.5 Å². The fourth-order valence-electron chi connectivity index (χ4n) is 4.25. The van der Waals surface area contributed by atoms with E-state index in [1.807, 2.05) is 6.07 Å². The molecule has 0 bridgehead atoms. The van der Waals surface area contributed by atoms with Crippen LogP contribution in [0.3, 0.4) is 0 Å². The molecular formula is C17H25NO2. The number of rotatable bonds is 3. The summed E-state index contributed by atoms with van der Waals surface area (Å²) in [5.41, 5.74) is 7.94. The van der Waals surface area contributed by atoms with Crippen molar-refractivity contribution < 1.29 is 9.84 Å². The number of aryl methyl sites for hydroxylation is 1. The molecule has 2 aliphatic carbocycles. The first-order chi connectivity index (χ1) is 9.62. The van der Waals surface area contributed by atoms with Gasteiger partial charge in [0.05, 0.1) is 12.7 Å². The summed E-state index contributed by atoms with van der Waals surface area (Å²) in [5.74, 6) is 0.876. The summed E-state index contributed by atoms with van der Waals surface area (Å²) in [6, 6.07) is 6.23. The van der Waals surface area contributed by atoms with E-state index in [2.05, 4.69) is 12.1 Å². The SMILES string of the molecule is COc1ccc2c(c1)CC(O)(C1(CN)CCCC1)CC2. The zero-order chi connectivity index (χ0) is 14.2. The Labute approximate surface area is 121 Å². The van der Waals surface area contributed by atoms with Crippen LogP contribution in [0.1, 0.15) is 43.2 Å². The predicted molar refractivity (Wildman–Crippen MR) is 79.9 cm³/mol. The maximum atomic E-state index is 11.3. The zero-order valence-electron chi connectivity index (χ0n) is 12.3. The van der Waals surface area contributed by atoms with Gasteiger partial charge in [0, 0.05) is 18.4 Å². The van der Waals surface area contributed by atoms with Gasteiger partial charge in [-0.3, -0.25) is 0 Å². The Balaban J connectivity index is 1.93. The summed E-state index contributed by atoms with van der Waals surface area (Å²) in [6.07, 6.45) is 7.03. The van der Waals surface area contributed by atoms with Crippen LogP contribution in [0.4, 0.5) is 0 Å². The topological polar surface area (TPSA) is 55.5 Å². The second-order valence-corrected chi connectivity index (χ2v) is 6.53. The summed E-state index contributed by atoms with van der Waals surface area (Å²) >= 11 is 0. The van der Waals surface area contributed by atoms with Gasteiger partial charge in [0.1, 0.15) is 5.75 Å². The Morgan fingerprint density at radius 1 is 1.20 bits per heavy atom. The molecule has 1 atom stereocenters.